The highest BCUT2D eigenvalue weighted by atomic mass is 32.2. The van der Waals surface area contributed by atoms with Crippen LogP contribution in [0.3, 0.4) is 0 Å². The van der Waals surface area contributed by atoms with Crippen molar-refractivity contribution in [1.82, 2.24) is 0 Å². The molecule has 2 fully saturated rings. The van der Waals surface area contributed by atoms with Gasteiger partial charge in [0.2, 0.25) is 0 Å². The van der Waals surface area contributed by atoms with E-state index in [1.165, 1.54) is 6.92 Å². The molecule has 0 radical (unpaired) electrons. The van der Waals surface area contributed by atoms with Crippen LogP contribution in [0.4, 0.5) is 0 Å². The summed E-state index contributed by atoms with van der Waals surface area (Å²) in [4.78, 5) is 11.6. The Bertz CT molecular complexity index is 941. The highest BCUT2D eigenvalue weighted by molar-refractivity contribution is 8.01. The number of rotatable bonds is 7. The van der Waals surface area contributed by atoms with Gasteiger partial charge in [-0.1, -0.05) is 81.4 Å². The van der Waals surface area contributed by atoms with Gasteiger partial charge in [0, 0.05) is 22.3 Å². The van der Waals surface area contributed by atoms with Crippen molar-refractivity contribution in [2.24, 2.45) is 0 Å². The Balaban J connectivity index is 1.71. The SMILES string of the molecule is CC(=O)OC[C@H]1O[C@@H](SC(C)(C)C)[C@H](OP(c2ccccc2)c2ccccc2)[C@H]2OC(C)(C)O[C@H]21. The largest absolute Gasteiger partial charge is 0.463 e. The van der Waals surface area contributed by atoms with Gasteiger partial charge in [-0.05, 0) is 13.8 Å². The Morgan fingerprint density at radius 2 is 1.51 bits per heavy atom. The minimum Gasteiger partial charge on any atom is -0.463 e. The van der Waals surface area contributed by atoms with Gasteiger partial charge in [-0.25, -0.2) is 0 Å². The summed E-state index contributed by atoms with van der Waals surface area (Å²) in [6, 6.07) is 20.6. The smallest absolute Gasteiger partial charge is 0.302 e. The van der Waals surface area contributed by atoms with Crippen LogP contribution in [-0.4, -0.2) is 53.0 Å². The van der Waals surface area contributed by atoms with E-state index in [2.05, 4.69) is 45.0 Å². The van der Waals surface area contributed by atoms with Crippen LogP contribution in [0.15, 0.2) is 60.7 Å². The summed E-state index contributed by atoms with van der Waals surface area (Å²) in [6.07, 6.45) is -1.65. The molecule has 0 unspecified atom stereocenters. The van der Waals surface area contributed by atoms with Gasteiger partial charge >= 0.3 is 5.97 Å². The maximum atomic E-state index is 11.6. The molecule has 4 rings (SSSR count). The molecule has 2 saturated heterocycles. The van der Waals surface area contributed by atoms with E-state index in [1.54, 1.807) is 11.8 Å². The second-order valence-corrected chi connectivity index (χ2v) is 13.9. The molecule has 0 N–H and O–H groups in total. The van der Waals surface area contributed by atoms with Crippen molar-refractivity contribution in [1.29, 1.82) is 0 Å². The molecule has 190 valence electrons. The molecule has 8 heteroatoms. The van der Waals surface area contributed by atoms with Crippen molar-refractivity contribution in [3.63, 3.8) is 0 Å². The predicted molar refractivity (Wildman–Crippen MR) is 140 cm³/mol. The van der Waals surface area contributed by atoms with E-state index in [0.717, 1.165) is 10.6 Å². The Hall–Kier alpha value is -1.47. The number of ether oxygens (including phenoxy) is 4. The lowest BCUT2D eigenvalue weighted by Crippen LogP contribution is -2.58. The van der Waals surface area contributed by atoms with Crippen LogP contribution in [0.2, 0.25) is 0 Å². The average Bonchev–Trinajstić information content (AvgIpc) is 3.12. The second kappa shape index (κ2) is 10.9. The highest BCUT2D eigenvalue weighted by Gasteiger charge is 2.57. The number of esters is 1. The molecule has 2 aromatic carbocycles. The van der Waals surface area contributed by atoms with Crippen LogP contribution in [0.1, 0.15) is 41.5 Å². The van der Waals surface area contributed by atoms with Gasteiger partial charge in [0.25, 0.3) is 0 Å². The average molecular weight is 519 g/mol. The van der Waals surface area contributed by atoms with E-state index in [1.807, 2.05) is 50.2 Å². The van der Waals surface area contributed by atoms with Crippen LogP contribution >= 0.6 is 19.9 Å². The van der Waals surface area contributed by atoms with Crippen LogP contribution in [0, 0.1) is 0 Å². The zero-order valence-electron chi connectivity index (χ0n) is 21.2. The Kier molecular flexibility index (Phi) is 8.26. The lowest BCUT2D eigenvalue weighted by Gasteiger charge is -2.44. The fourth-order valence-electron chi connectivity index (χ4n) is 4.25. The molecular formula is C27H35O6PS. The summed E-state index contributed by atoms with van der Waals surface area (Å²) in [5, 5.41) is 2.23. The van der Waals surface area contributed by atoms with E-state index in [-0.39, 0.29) is 28.9 Å². The first-order valence-corrected chi connectivity index (χ1v) is 14.1. The molecule has 2 aromatic rings. The van der Waals surface area contributed by atoms with Crippen molar-refractivity contribution >= 4 is 36.5 Å². The van der Waals surface area contributed by atoms with Crippen LogP contribution < -0.4 is 10.6 Å². The summed E-state index contributed by atoms with van der Waals surface area (Å²) < 4.78 is 31.6. The summed E-state index contributed by atoms with van der Waals surface area (Å²) >= 11 is 1.69. The zero-order valence-corrected chi connectivity index (χ0v) is 22.9. The van der Waals surface area contributed by atoms with E-state index >= 15 is 0 Å². The van der Waals surface area contributed by atoms with Crippen LogP contribution in [0.25, 0.3) is 0 Å². The highest BCUT2D eigenvalue weighted by Crippen LogP contribution is 2.48. The molecule has 0 amide bonds. The molecule has 6 nitrogen and oxygen atoms in total. The number of thioether (sulfide) groups is 1. The Morgan fingerprint density at radius 1 is 0.971 bits per heavy atom. The standard InChI is InChI=1S/C27H35O6PS/c1-18(28)29-17-21-22-23(32-27(5,6)31-22)24(25(30-21)35-26(2,3)4)33-34(19-13-9-7-10-14-19)20-15-11-8-12-16-20/h7-16,21-25H,17H2,1-6H3/t21-,22+,23+,24-,25+/m1/s1. The van der Waals surface area contributed by atoms with E-state index < -0.39 is 32.2 Å². The quantitative estimate of drug-likeness (QED) is 0.387. The third kappa shape index (κ3) is 6.85. The summed E-state index contributed by atoms with van der Waals surface area (Å²) in [5.74, 6) is -1.16. The van der Waals surface area contributed by atoms with Crippen molar-refractivity contribution in [3.05, 3.63) is 60.7 Å². The number of hydrogen-bond acceptors (Lipinski definition) is 7. The van der Waals surface area contributed by atoms with Gasteiger partial charge in [-0.2, -0.15) is 0 Å². The third-order valence-corrected chi connectivity index (χ3v) is 8.87. The molecule has 0 aromatic heterocycles. The number of fused-ring (bicyclic) bond motifs is 1. The van der Waals surface area contributed by atoms with Crippen molar-refractivity contribution < 1.29 is 28.3 Å². The van der Waals surface area contributed by atoms with Crippen molar-refractivity contribution in [2.45, 2.75) is 81.9 Å². The van der Waals surface area contributed by atoms with Crippen molar-refractivity contribution in [3.8, 4) is 0 Å². The first kappa shape index (κ1) is 26.6. The second-order valence-electron chi connectivity index (χ2n) is 10.2. The fraction of sp³-hybridized carbons (Fsp3) is 0.519. The Labute approximate surface area is 213 Å². The molecule has 0 spiro atoms. The van der Waals surface area contributed by atoms with Crippen LogP contribution in [-0.2, 0) is 28.3 Å². The Morgan fingerprint density at radius 3 is 2.03 bits per heavy atom. The van der Waals surface area contributed by atoms with Gasteiger partial charge in [-0.15, -0.1) is 11.8 Å². The lowest BCUT2D eigenvalue weighted by atomic mass is 10.0. The van der Waals surface area contributed by atoms with E-state index in [4.69, 9.17) is 23.5 Å². The number of carbonyl (C=O) groups is 1. The minimum atomic E-state index is -1.14. The molecule has 0 aliphatic carbocycles. The third-order valence-electron chi connectivity index (χ3n) is 5.56. The topological polar surface area (TPSA) is 63.2 Å². The van der Waals surface area contributed by atoms with Crippen molar-refractivity contribution in [2.75, 3.05) is 6.61 Å². The van der Waals surface area contributed by atoms with Gasteiger partial charge in [0.15, 0.2) is 5.79 Å². The molecular weight excluding hydrogens is 483 g/mol. The molecule has 2 aliphatic heterocycles. The van der Waals surface area contributed by atoms with Gasteiger partial charge in [-0.3, -0.25) is 4.79 Å². The van der Waals surface area contributed by atoms with E-state index in [9.17, 15) is 4.79 Å². The molecule has 0 bridgehead atoms. The molecule has 0 saturated carbocycles. The molecule has 2 heterocycles. The predicted octanol–water partition coefficient (Wildman–Crippen LogP) is 4.76. The number of hydrogen-bond donors (Lipinski definition) is 0. The molecule has 35 heavy (non-hydrogen) atoms. The maximum absolute atomic E-state index is 11.6. The summed E-state index contributed by atoms with van der Waals surface area (Å²) in [5.41, 5.74) is -0.341. The summed E-state index contributed by atoms with van der Waals surface area (Å²) in [6.45, 7) is 11.8. The monoisotopic (exact) mass is 518 g/mol. The lowest BCUT2D eigenvalue weighted by molar-refractivity contribution is -0.175. The molecule has 5 atom stereocenters. The normalized spacial score (nSPS) is 28.0. The zero-order chi connectivity index (χ0) is 25.2. The maximum Gasteiger partial charge on any atom is 0.302 e. The van der Waals surface area contributed by atoms with Gasteiger partial charge in [0.1, 0.15) is 36.5 Å². The van der Waals surface area contributed by atoms with Gasteiger partial charge < -0.3 is 23.5 Å². The summed E-state index contributed by atoms with van der Waals surface area (Å²) in [7, 11) is -1.14. The molecule has 2 aliphatic rings. The fourth-order valence-corrected chi connectivity index (χ4v) is 7.47. The first-order valence-electron chi connectivity index (χ1n) is 11.9. The first-order chi connectivity index (χ1) is 16.5. The van der Waals surface area contributed by atoms with Gasteiger partial charge in [0.05, 0.1) is 8.15 Å². The number of carbonyl (C=O) groups excluding carboxylic acids is 1. The minimum absolute atomic E-state index is 0.0949. The van der Waals surface area contributed by atoms with E-state index in [0.29, 0.717) is 0 Å². The van der Waals surface area contributed by atoms with Crippen LogP contribution in [0.5, 0.6) is 0 Å². The number of benzene rings is 2.